The summed E-state index contributed by atoms with van der Waals surface area (Å²) in [5.74, 6) is 0. The molecule has 6 aromatic rings. The van der Waals surface area contributed by atoms with Crippen LogP contribution < -0.4 is 24.8 Å². The van der Waals surface area contributed by atoms with E-state index in [0.717, 1.165) is 9.52 Å². The Morgan fingerprint density at radius 3 is 1.15 bits per heavy atom. The van der Waals surface area contributed by atoms with Crippen molar-refractivity contribution in [2.24, 2.45) is 0 Å². The van der Waals surface area contributed by atoms with Gasteiger partial charge in [0.2, 0.25) is 0 Å². The molecule has 0 amide bonds. The zero-order valence-electron chi connectivity index (χ0n) is 24.1. The van der Waals surface area contributed by atoms with E-state index in [-0.39, 0.29) is 51.0 Å². The van der Waals surface area contributed by atoms with Gasteiger partial charge in [0, 0.05) is 9.52 Å². The quantitative estimate of drug-likeness (QED) is 0.190. The molecule has 40 heavy (non-hydrogen) atoms. The third kappa shape index (κ3) is 8.40. The van der Waals surface area contributed by atoms with Gasteiger partial charge in [-0.25, -0.2) is 0 Å². The van der Waals surface area contributed by atoms with Crippen LogP contribution in [0.25, 0.3) is 43.8 Å². The van der Waals surface area contributed by atoms with Crippen molar-refractivity contribution in [2.45, 2.75) is 40.8 Å². The van der Waals surface area contributed by atoms with Gasteiger partial charge in [-0.15, -0.1) is 69.1 Å². The summed E-state index contributed by atoms with van der Waals surface area (Å²) in [6.45, 7) is 13.0. The van der Waals surface area contributed by atoms with E-state index >= 15 is 0 Å². The van der Waals surface area contributed by atoms with Crippen molar-refractivity contribution in [3.63, 3.8) is 0 Å². The Balaban J connectivity index is 0.000000341. The molecule has 0 aliphatic heterocycles. The van der Waals surface area contributed by atoms with Crippen LogP contribution in [0.4, 0.5) is 0 Å². The second-order valence-electron chi connectivity index (χ2n) is 9.81. The van der Waals surface area contributed by atoms with E-state index in [1.54, 1.807) is 0 Å². The second-order valence-corrected chi connectivity index (χ2v) is 10.8. The van der Waals surface area contributed by atoms with E-state index in [4.69, 9.17) is 0 Å². The molecule has 0 nitrogen and oxygen atoms in total. The molecule has 0 bridgehead atoms. The topological polar surface area (TPSA) is 0 Å². The number of aryl methyl sites for hydroxylation is 4. The maximum atomic E-state index is 2.27. The molecule has 6 rings (SSSR count). The van der Waals surface area contributed by atoms with Gasteiger partial charge in [0.15, 0.2) is 0 Å². The van der Waals surface area contributed by atoms with Gasteiger partial charge in [-0.1, -0.05) is 98.7 Å². The molecule has 4 heteroatoms. The fourth-order valence-corrected chi connectivity index (χ4v) is 4.99. The molecule has 0 aliphatic carbocycles. The molecular formula is C36H36Cl2SiZr. The fraction of sp³-hybridized carbons (Fsp3) is 0.167. The Bertz CT molecular complexity index is 1510. The van der Waals surface area contributed by atoms with Crippen LogP contribution in [0.2, 0.25) is 13.1 Å². The largest absolute Gasteiger partial charge is 4.00 e. The van der Waals surface area contributed by atoms with Crippen LogP contribution in [0.15, 0.2) is 109 Å². The zero-order valence-corrected chi connectivity index (χ0v) is 29.1. The van der Waals surface area contributed by atoms with E-state index in [1.165, 1.54) is 66.1 Å². The number of rotatable bonds is 2. The van der Waals surface area contributed by atoms with Crippen LogP contribution in [0.5, 0.6) is 0 Å². The molecular weight excluding hydrogens is 623 g/mol. The zero-order chi connectivity index (χ0) is 26.4. The maximum absolute atomic E-state index is 2.27. The summed E-state index contributed by atoms with van der Waals surface area (Å²) >= 11 is 0. The Morgan fingerprint density at radius 2 is 0.800 bits per heavy atom. The molecule has 0 aromatic heterocycles. The van der Waals surface area contributed by atoms with Gasteiger partial charge in [0.1, 0.15) is 0 Å². The van der Waals surface area contributed by atoms with Crippen LogP contribution >= 0.6 is 0 Å². The third-order valence-corrected chi connectivity index (χ3v) is 6.66. The standard InChI is InChI=1S/2C17H15.C2H6Si.2ClH.Zr/c2*1-12-10-14-7-5-9-16(17(14)11-12)15-8-4-3-6-13(15)2;1-3-2;;;/h2*3-11H,1-2H3;1-2H3;2*1H;/q2*-1;;;;+4/p-2. The van der Waals surface area contributed by atoms with Gasteiger partial charge < -0.3 is 24.8 Å². The molecule has 2 radical (unpaired) electrons. The van der Waals surface area contributed by atoms with E-state index < -0.39 is 0 Å². The monoisotopic (exact) mass is 656 g/mol. The summed E-state index contributed by atoms with van der Waals surface area (Å²) < 4.78 is 0. The summed E-state index contributed by atoms with van der Waals surface area (Å²) in [4.78, 5) is 0. The Labute approximate surface area is 274 Å². The molecule has 0 saturated carbocycles. The average Bonchev–Trinajstić information content (AvgIpc) is 3.46. The van der Waals surface area contributed by atoms with Crippen LogP contribution in [0.1, 0.15) is 22.3 Å². The number of hydrogen-bond acceptors (Lipinski definition) is 0. The molecule has 6 aromatic carbocycles. The van der Waals surface area contributed by atoms with Crippen molar-refractivity contribution in [2.75, 3.05) is 0 Å². The van der Waals surface area contributed by atoms with Crippen molar-refractivity contribution in [1.29, 1.82) is 0 Å². The van der Waals surface area contributed by atoms with Crippen LogP contribution in [-0.2, 0) is 26.2 Å². The molecule has 0 spiro atoms. The van der Waals surface area contributed by atoms with Crippen LogP contribution in [0, 0.1) is 27.7 Å². The van der Waals surface area contributed by atoms with Gasteiger partial charge in [0.25, 0.3) is 0 Å². The number of fused-ring (bicyclic) bond motifs is 2. The smallest absolute Gasteiger partial charge is 1.00 e. The SMILES string of the molecule is C[Si]C.Cc1cc2c(-c3ccccc3C)cccc2[cH-]1.Cc1cc2c(-c3ccccc3C)cccc2[cH-]1.[Cl-].[Cl-].[Zr+4]. The van der Waals surface area contributed by atoms with Gasteiger partial charge in [0.05, 0.1) is 0 Å². The summed E-state index contributed by atoms with van der Waals surface area (Å²) in [6, 6.07) is 39.3. The van der Waals surface area contributed by atoms with Crippen LogP contribution in [0.3, 0.4) is 0 Å². The normalized spacial score (nSPS) is 9.75. The molecule has 0 heterocycles. The van der Waals surface area contributed by atoms with Gasteiger partial charge in [-0.2, -0.15) is 12.1 Å². The van der Waals surface area contributed by atoms with Crippen molar-refractivity contribution in [3.8, 4) is 22.3 Å². The Morgan fingerprint density at radius 1 is 0.475 bits per heavy atom. The van der Waals surface area contributed by atoms with Gasteiger partial charge in [-0.05, 0) is 36.1 Å². The molecule has 0 unspecified atom stereocenters. The van der Waals surface area contributed by atoms with E-state index in [1.807, 2.05) is 0 Å². The van der Waals surface area contributed by atoms with Crippen molar-refractivity contribution >= 4 is 31.1 Å². The predicted molar refractivity (Wildman–Crippen MR) is 166 cm³/mol. The fourth-order valence-electron chi connectivity index (χ4n) is 4.99. The van der Waals surface area contributed by atoms with Crippen LogP contribution in [-0.4, -0.2) is 9.52 Å². The molecule has 0 atom stereocenters. The van der Waals surface area contributed by atoms with Crippen molar-refractivity contribution in [1.82, 2.24) is 0 Å². The van der Waals surface area contributed by atoms with E-state index in [0.29, 0.717) is 0 Å². The summed E-state index contributed by atoms with van der Waals surface area (Å²) in [6.07, 6.45) is 0. The minimum Gasteiger partial charge on any atom is -1.00 e. The summed E-state index contributed by atoms with van der Waals surface area (Å²) in [7, 11) is 1.08. The van der Waals surface area contributed by atoms with Gasteiger partial charge >= 0.3 is 26.2 Å². The van der Waals surface area contributed by atoms with Gasteiger partial charge in [-0.3, -0.25) is 0 Å². The number of halogens is 2. The number of benzene rings is 4. The average molecular weight is 659 g/mol. The maximum Gasteiger partial charge on any atom is 4.00 e. The van der Waals surface area contributed by atoms with Crippen molar-refractivity contribution < 1.29 is 51.0 Å². The van der Waals surface area contributed by atoms with Crippen molar-refractivity contribution in [3.05, 3.63) is 131 Å². The molecule has 202 valence electrons. The molecule has 0 N–H and O–H groups in total. The first-order valence-corrected chi connectivity index (χ1v) is 15.0. The Kier molecular flexibility index (Phi) is 15.1. The molecule has 0 aliphatic rings. The summed E-state index contributed by atoms with van der Waals surface area (Å²) in [5, 5.41) is 5.39. The summed E-state index contributed by atoms with van der Waals surface area (Å²) in [5.41, 5.74) is 10.7. The number of hydrogen-bond donors (Lipinski definition) is 0. The first-order chi connectivity index (χ1) is 17.9. The Hall–Kier alpha value is -2.22. The van der Waals surface area contributed by atoms with E-state index in [9.17, 15) is 0 Å². The minimum absolute atomic E-state index is 0. The predicted octanol–water partition coefficient (Wildman–Crippen LogP) is 4.48. The van der Waals surface area contributed by atoms with E-state index in [2.05, 4.69) is 150 Å². The minimum atomic E-state index is 0. The molecule has 0 saturated heterocycles. The third-order valence-electron chi connectivity index (χ3n) is 6.66. The first-order valence-electron chi connectivity index (χ1n) is 13.0. The first kappa shape index (κ1) is 35.8. The second kappa shape index (κ2) is 16.9. The molecule has 0 fully saturated rings.